The maximum absolute atomic E-state index is 13.0. The number of nitrogens with one attached hydrogen (secondary N) is 3. The molecule has 0 saturated heterocycles. The van der Waals surface area contributed by atoms with E-state index < -0.39 is 0 Å². The van der Waals surface area contributed by atoms with Crippen LogP contribution >= 0.6 is 0 Å². The molecule has 0 unspecified atom stereocenters. The van der Waals surface area contributed by atoms with E-state index in [1.54, 1.807) is 24.3 Å². The maximum atomic E-state index is 13.0. The first kappa shape index (κ1) is 24.2. The van der Waals surface area contributed by atoms with Crippen LogP contribution in [0.5, 0.6) is 0 Å². The van der Waals surface area contributed by atoms with Gasteiger partial charge in [0, 0.05) is 12.1 Å². The molecule has 2 aliphatic heterocycles. The Morgan fingerprint density at radius 3 is 1.95 bits per heavy atom. The molecule has 0 aromatic heterocycles. The second-order valence-corrected chi connectivity index (χ2v) is 9.35. The SMILES string of the molecule is CN(C)CCCNC(=O)c1cccc(C2=C3C(=O)NC(c4ccc(-c5ccccc5)cc4)=C3C(=O)N2)c1. The van der Waals surface area contributed by atoms with Gasteiger partial charge in [-0.3, -0.25) is 14.4 Å². The zero-order chi connectivity index (χ0) is 25.9. The summed E-state index contributed by atoms with van der Waals surface area (Å²) in [5.41, 5.74) is 5.49. The molecule has 2 heterocycles. The lowest BCUT2D eigenvalue weighted by Crippen LogP contribution is -2.27. The molecular formula is C30H28N4O3. The van der Waals surface area contributed by atoms with E-state index in [2.05, 4.69) is 20.9 Å². The van der Waals surface area contributed by atoms with E-state index in [4.69, 9.17) is 0 Å². The van der Waals surface area contributed by atoms with Gasteiger partial charge in [0.25, 0.3) is 17.7 Å². The van der Waals surface area contributed by atoms with Crippen molar-refractivity contribution in [3.8, 4) is 11.1 Å². The minimum Gasteiger partial charge on any atom is -0.352 e. The number of rotatable bonds is 8. The number of benzene rings is 3. The second kappa shape index (κ2) is 10.2. The summed E-state index contributed by atoms with van der Waals surface area (Å²) in [5.74, 6) is -0.880. The van der Waals surface area contributed by atoms with Crippen molar-refractivity contribution < 1.29 is 14.4 Å². The summed E-state index contributed by atoms with van der Waals surface area (Å²) in [4.78, 5) is 40.8. The molecule has 0 radical (unpaired) electrons. The van der Waals surface area contributed by atoms with Gasteiger partial charge in [0.1, 0.15) is 0 Å². The van der Waals surface area contributed by atoms with Crippen LogP contribution in [0.25, 0.3) is 22.5 Å². The molecule has 3 N–H and O–H groups in total. The van der Waals surface area contributed by atoms with E-state index in [0.717, 1.165) is 29.7 Å². The summed E-state index contributed by atoms with van der Waals surface area (Å²) < 4.78 is 0. The van der Waals surface area contributed by atoms with Crippen molar-refractivity contribution >= 4 is 29.1 Å². The monoisotopic (exact) mass is 492 g/mol. The molecule has 2 aliphatic rings. The van der Waals surface area contributed by atoms with Gasteiger partial charge in [0.2, 0.25) is 0 Å². The lowest BCUT2D eigenvalue weighted by atomic mass is 9.99. The standard InChI is InChI=1S/C30H28N4O3/c1-34(2)17-7-16-31-28(35)23-11-6-10-22(18-23)27-25-24(29(36)33-27)26(32-30(25)37)21-14-12-20(13-15-21)19-8-4-3-5-9-19/h3-6,8-15,18H,7,16-17H2,1-2H3,(H,31,35)(H,32,37)(H,33,36). The molecule has 3 aromatic rings. The van der Waals surface area contributed by atoms with Crippen LogP contribution in [0.2, 0.25) is 0 Å². The fourth-order valence-electron chi connectivity index (χ4n) is 4.59. The molecular weight excluding hydrogens is 464 g/mol. The summed E-state index contributed by atoms with van der Waals surface area (Å²) in [6.07, 6.45) is 0.840. The highest BCUT2D eigenvalue weighted by atomic mass is 16.2. The highest BCUT2D eigenvalue weighted by Gasteiger charge is 2.40. The van der Waals surface area contributed by atoms with Crippen LogP contribution in [-0.2, 0) is 9.59 Å². The molecule has 0 atom stereocenters. The lowest BCUT2D eigenvalue weighted by molar-refractivity contribution is -0.117. The predicted molar refractivity (Wildman–Crippen MR) is 144 cm³/mol. The van der Waals surface area contributed by atoms with Gasteiger partial charge in [-0.25, -0.2) is 0 Å². The topological polar surface area (TPSA) is 90.5 Å². The van der Waals surface area contributed by atoms with Crippen LogP contribution in [-0.4, -0.2) is 49.8 Å². The van der Waals surface area contributed by atoms with E-state index in [-0.39, 0.29) is 17.7 Å². The van der Waals surface area contributed by atoms with E-state index in [9.17, 15) is 14.4 Å². The third-order valence-corrected chi connectivity index (χ3v) is 6.44. The molecule has 3 aromatic carbocycles. The fourth-order valence-corrected chi connectivity index (χ4v) is 4.59. The summed E-state index contributed by atoms with van der Waals surface area (Å²) in [7, 11) is 3.98. The maximum Gasteiger partial charge on any atom is 0.258 e. The average Bonchev–Trinajstić information content (AvgIpc) is 3.45. The number of carbonyl (C=O) groups is 3. The van der Waals surface area contributed by atoms with Gasteiger partial charge >= 0.3 is 0 Å². The lowest BCUT2D eigenvalue weighted by Gasteiger charge is -2.11. The first-order valence-corrected chi connectivity index (χ1v) is 12.2. The quantitative estimate of drug-likeness (QED) is 0.421. The Morgan fingerprint density at radius 2 is 1.30 bits per heavy atom. The first-order valence-electron chi connectivity index (χ1n) is 12.2. The van der Waals surface area contributed by atoms with Crippen molar-refractivity contribution in [3.63, 3.8) is 0 Å². The average molecular weight is 493 g/mol. The Labute approximate surface area is 215 Å². The zero-order valence-corrected chi connectivity index (χ0v) is 20.8. The number of hydrogen-bond donors (Lipinski definition) is 3. The number of nitrogens with zero attached hydrogens (tertiary/aromatic N) is 1. The molecule has 7 heteroatoms. The van der Waals surface area contributed by atoms with Gasteiger partial charge in [-0.2, -0.15) is 0 Å². The van der Waals surface area contributed by atoms with Crippen LogP contribution < -0.4 is 16.0 Å². The van der Waals surface area contributed by atoms with Gasteiger partial charge in [-0.1, -0.05) is 66.7 Å². The molecule has 0 aliphatic carbocycles. The van der Waals surface area contributed by atoms with Crippen LogP contribution in [0.4, 0.5) is 0 Å². The summed E-state index contributed by atoms with van der Waals surface area (Å²) in [6, 6.07) is 24.7. The van der Waals surface area contributed by atoms with E-state index in [1.807, 2.05) is 68.7 Å². The van der Waals surface area contributed by atoms with Gasteiger partial charge < -0.3 is 20.9 Å². The second-order valence-electron chi connectivity index (χ2n) is 9.35. The minimum atomic E-state index is -0.343. The van der Waals surface area contributed by atoms with Crippen LogP contribution in [0.15, 0.2) is 90.0 Å². The summed E-state index contributed by atoms with van der Waals surface area (Å²) in [5, 5.41) is 8.66. The van der Waals surface area contributed by atoms with Crippen molar-refractivity contribution in [2.45, 2.75) is 6.42 Å². The Hall–Kier alpha value is -4.49. The number of carbonyl (C=O) groups excluding carboxylic acids is 3. The minimum absolute atomic E-state index is 0.193. The van der Waals surface area contributed by atoms with Gasteiger partial charge in [-0.15, -0.1) is 0 Å². The third-order valence-electron chi connectivity index (χ3n) is 6.44. The number of hydrogen-bond acceptors (Lipinski definition) is 4. The highest BCUT2D eigenvalue weighted by molar-refractivity contribution is 6.30. The van der Waals surface area contributed by atoms with Crippen molar-refractivity contribution in [1.29, 1.82) is 0 Å². The van der Waals surface area contributed by atoms with Gasteiger partial charge in [0.15, 0.2) is 0 Å². The Kier molecular flexibility index (Phi) is 6.70. The molecule has 5 rings (SSSR count). The molecule has 0 spiro atoms. The molecule has 186 valence electrons. The van der Waals surface area contributed by atoms with Crippen LogP contribution in [0.1, 0.15) is 27.9 Å². The molecule has 0 saturated carbocycles. The molecule has 37 heavy (non-hydrogen) atoms. The smallest absolute Gasteiger partial charge is 0.258 e. The summed E-state index contributed by atoms with van der Waals surface area (Å²) in [6.45, 7) is 1.44. The van der Waals surface area contributed by atoms with Crippen molar-refractivity contribution in [1.82, 2.24) is 20.9 Å². The number of amides is 3. The highest BCUT2D eigenvalue weighted by Crippen LogP contribution is 2.37. The Morgan fingerprint density at radius 1 is 0.730 bits per heavy atom. The normalized spacial score (nSPS) is 14.7. The van der Waals surface area contributed by atoms with E-state index in [0.29, 0.717) is 40.2 Å². The molecule has 3 amide bonds. The molecule has 7 nitrogen and oxygen atoms in total. The van der Waals surface area contributed by atoms with Crippen molar-refractivity contribution in [3.05, 3.63) is 107 Å². The number of fused-ring (bicyclic) bond motifs is 1. The summed E-state index contributed by atoms with van der Waals surface area (Å²) >= 11 is 0. The van der Waals surface area contributed by atoms with E-state index >= 15 is 0 Å². The largest absolute Gasteiger partial charge is 0.352 e. The van der Waals surface area contributed by atoms with Crippen LogP contribution in [0.3, 0.4) is 0 Å². The molecule has 0 fully saturated rings. The van der Waals surface area contributed by atoms with Crippen molar-refractivity contribution in [2.24, 2.45) is 0 Å². The Bertz CT molecular complexity index is 1440. The van der Waals surface area contributed by atoms with Gasteiger partial charge in [-0.05, 0) is 61.4 Å². The fraction of sp³-hybridized carbons (Fsp3) is 0.167. The zero-order valence-electron chi connectivity index (χ0n) is 20.8. The van der Waals surface area contributed by atoms with Crippen LogP contribution in [0, 0.1) is 0 Å². The third kappa shape index (κ3) is 4.94. The predicted octanol–water partition coefficient (Wildman–Crippen LogP) is 3.42. The molecule has 0 bridgehead atoms. The Balaban J connectivity index is 1.42. The van der Waals surface area contributed by atoms with E-state index in [1.165, 1.54) is 0 Å². The van der Waals surface area contributed by atoms with Crippen molar-refractivity contribution in [2.75, 3.05) is 27.2 Å². The first-order chi connectivity index (χ1) is 17.9. The van der Waals surface area contributed by atoms with Gasteiger partial charge in [0.05, 0.1) is 22.5 Å².